The van der Waals surface area contributed by atoms with Crippen molar-refractivity contribution in [2.24, 2.45) is 0 Å². The van der Waals surface area contributed by atoms with Gasteiger partial charge in [-0.2, -0.15) is 0 Å². The van der Waals surface area contributed by atoms with Crippen LogP contribution in [0.3, 0.4) is 0 Å². The summed E-state index contributed by atoms with van der Waals surface area (Å²) >= 11 is 0. The predicted molar refractivity (Wildman–Crippen MR) is 336 cm³/mol. The fraction of sp³-hybridized carbons (Fsp3) is 0.696. The summed E-state index contributed by atoms with van der Waals surface area (Å²) < 4.78 is 22.8. The van der Waals surface area contributed by atoms with E-state index in [4.69, 9.17) is 18.9 Å². The van der Waals surface area contributed by atoms with Gasteiger partial charge in [-0.05, 0) is 89.9 Å². The Kier molecular flexibility index (Phi) is 47.9. The van der Waals surface area contributed by atoms with Crippen molar-refractivity contribution in [3.63, 3.8) is 0 Å². The topological polar surface area (TPSA) is 228 Å². The molecule has 0 bridgehead atoms. The maximum Gasteiger partial charge on any atom is 0.220 e. The highest BCUT2D eigenvalue weighted by Gasteiger charge is 2.51. The van der Waals surface area contributed by atoms with Crippen molar-refractivity contribution >= 4 is 5.91 Å². The first-order valence-corrected chi connectivity index (χ1v) is 32.3. The van der Waals surface area contributed by atoms with Gasteiger partial charge in [-0.25, -0.2) is 0 Å². The Bertz CT molecular complexity index is 1850. The number of hydrogen-bond donors (Lipinski definition) is 9. The second-order valence-electron chi connectivity index (χ2n) is 22.2. The summed E-state index contributed by atoms with van der Waals surface area (Å²) in [5.41, 5.74) is 0. The second kappa shape index (κ2) is 52.7. The van der Waals surface area contributed by atoms with Gasteiger partial charge < -0.3 is 65.1 Å². The molecule has 83 heavy (non-hydrogen) atoms. The Hall–Kier alpha value is -3.61. The number of aliphatic hydroxyl groups excluding tert-OH is 8. The number of carbonyl (C=O) groups is 1. The van der Waals surface area contributed by atoms with Crippen molar-refractivity contribution < 1.29 is 64.6 Å². The zero-order valence-corrected chi connectivity index (χ0v) is 51.1. The number of carbonyl (C=O) groups excluding carboxylic acids is 1. The molecule has 9 N–H and O–H groups in total. The minimum Gasteiger partial charge on any atom is -0.394 e. The SMILES string of the molecule is CC/C=C\C/C=C\C/C=C\C/C=C\C/C=C\C/C=C\C/C=C\C/C=C\C/C=C\CCCCCCCC(=O)NC(COC1OC(CO)C(OC2OC(CO)C(O)C(O)C2O)C(O)C1O)C(O)/C=C/CCCCCCCCCCCCCCCC. The minimum absolute atomic E-state index is 0.251. The zero-order chi connectivity index (χ0) is 60.2. The molecule has 12 unspecified atom stereocenters. The van der Waals surface area contributed by atoms with E-state index in [1.165, 1.54) is 77.0 Å². The van der Waals surface area contributed by atoms with Gasteiger partial charge in [0.2, 0.25) is 5.91 Å². The molecule has 2 saturated heterocycles. The fourth-order valence-corrected chi connectivity index (χ4v) is 9.75. The molecule has 0 radical (unpaired) electrons. The molecule has 0 aliphatic carbocycles. The molecule has 2 rings (SSSR count). The summed E-state index contributed by atoms with van der Waals surface area (Å²) in [5, 5.41) is 87.2. The molecule has 474 valence electrons. The first kappa shape index (κ1) is 75.5. The van der Waals surface area contributed by atoms with Crippen molar-refractivity contribution in [1.29, 1.82) is 0 Å². The average Bonchev–Trinajstić information content (AvgIpc) is 3.63. The number of amides is 1. The standard InChI is InChI=1S/C69H115NO13/c1-3-5-7-9-11-13-15-17-19-21-22-23-24-25-26-27-28-29-30-31-32-33-34-35-36-37-39-41-43-45-47-49-51-53-61(74)70-57(58(73)52-50-48-46-44-42-40-38-20-18-16-14-12-10-8-6-4-2)56-80-68-66(79)64(77)67(60(55-72)82-68)83-69-65(78)63(76)62(75)59(54-71)81-69/h5,7,11,13,17,19,22-23,25-26,28-29,31-32,34-35,37,39,50,52,57-60,62-69,71-73,75-79H,3-4,6,8-10,12,14-16,18,20-21,24,27,30,33,36,38,40-49,51,53-56H2,1-2H3,(H,70,74)/b7-5-,13-11-,19-17-,23-22-,26-25-,29-28-,32-31-,35-34-,39-37-,52-50+. The highest BCUT2D eigenvalue weighted by Crippen LogP contribution is 2.30. The van der Waals surface area contributed by atoms with E-state index in [9.17, 15) is 45.6 Å². The molecule has 12 atom stereocenters. The van der Waals surface area contributed by atoms with Crippen LogP contribution in [0.25, 0.3) is 0 Å². The van der Waals surface area contributed by atoms with Crippen molar-refractivity contribution in [2.45, 2.75) is 286 Å². The highest BCUT2D eigenvalue weighted by molar-refractivity contribution is 5.76. The first-order chi connectivity index (χ1) is 40.6. The smallest absolute Gasteiger partial charge is 0.220 e. The molecule has 0 spiro atoms. The van der Waals surface area contributed by atoms with Gasteiger partial charge in [0.15, 0.2) is 12.6 Å². The third-order valence-corrected chi connectivity index (χ3v) is 14.9. The lowest BCUT2D eigenvalue weighted by Gasteiger charge is -2.46. The third-order valence-electron chi connectivity index (χ3n) is 14.9. The molecule has 1 amide bonds. The largest absolute Gasteiger partial charge is 0.394 e. The van der Waals surface area contributed by atoms with Gasteiger partial charge in [-0.3, -0.25) is 4.79 Å². The minimum atomic E-state index is -1.80. The van der Waals surface area contributed by atoms with Crippen LogP contribution >= 0.6 is 0 Å². The monoisotopic (exact) mass is 1170 g/mol. The second-order valence-corrected chi connectivity index (χ2v) is 22.2. The number of aliphatic hydroxyl groups is 8. The number of rotatable bonds is 50. The lowest BCUT2D eigenvalue weighted by molar-refractivity contribution is -0.359. The van der Waals surface area contributed by atoms with Crippen LogP contribution in [0, 0.1) is 0 Å². The molecule has 0 aromatic rings. The van der Waals surface area contributed by atoms with Crippen molar-refractivity contribution in [2.75, 3.05) is 19.8 Å². The van der Waals surface area contributed by atoms with E-state index >= 15 is 0 Å². The van der Waals surface area contributed by atoms with E-state index < -0.39 is 86.8 Å². The lowest BCUT2D eigenvalue weighted by Crippen LogP contribution is -2.65. The molecule has 2 fully saturated rings. The van der Waals surface area contributed by atoms with Crippen molar-refractivity contribution in [3.05, 3.63) is 122 Å². The average molecular weight is 1170 g/mol. The van der Waals surface area contributed by atoms with Gasteiger partial charge in [-0.15, -0.1) is 0 Å². The van der Waals surface area contributed by atoms with Gasteiger partial charge in [0.25, 0.3) is 0 Å². The summed E-state index contributed by atoms with van der Waals surface area (Å²) in [6.07, 6.45) is 59.5. The van der Waals surface area contributed by atoms with E-state index in [1.807, 2.05) is 6.08 Å². The Morgan fingerprint density at radius 2 is 0.831 bits per heavy atom. The van der Waals surface area contributed by atoms with Crippen LogP contribution in [-0.4, -0.2) is 140 Å². The molecule has 2 heterocycles. The molecule has 14 heteroatoms. The molecule has 0 aromatic heterocycles. The van der Waals surface area contributed by atoms with Crippen LogP contribution in [-0.2, 0) is 23.7 Å². The van der Waals surface area contributed by atoms with E-state index in [1.54, 1.807) is 6.08 Å². The predicted octanol–water partition coefficient (Wildman–Crippen LogP) is 12.2. The molecule has 2 aliphatic rings. The van der Waals surface area contributed by atoms with Gasteiger partial charge in [-0.1, -0.05) is 238 Å². The molecule has 2 aliphatic heterocycles. The molecule has 0 aromatic carbocycles. The van der Waals surface area contributed by atoms with Crippen LogP contribution < -0.4 is 5.32 Å². The van der Waals surface area contributed by atoms with E-state index in [0.29, 0.717) is 6.42 Å². The molecule has 14 nitrogen and oxygen atoms in total. The number of ether oxygens (including phenoxy) is 4. The van der Waals surface area contributed by atoms with Crippen molar-refractivity contribution in [3.8, 4) is 0 Å². The van der Waals surface area contributed by atoms with E-state index in [-0.39, 0.29) is 18.9 Å². The van der Waals surface area contributed by atoms with Gasteiger partial charge in [0.05, 0.1) is 32.0 Å². The van der Waals surface area contributed by atoms with Gasteiger partial charge in [0.1, 0.15) is 48.8 Å². The Balaban J connectivity index is 1.72. The van der Waals surface area contributed by atoms with E-state index in [2.05, 4.69) is 129 Å². The maximum atomic E-state index is 13.3. The number of allylic oxidation sites excluding steroid dienone is 19. The number of unbranched alkanes of at least 4 members (excludes halogenated alkanes) is 19. The maximum absolute atomic E-state index is 13.3. The normalized spacial score (nSPS) is 24.7. The third kappa shape index (κ3) is 37.5. The van der Waals surface area contributed by atoms with E-state index in [0.717, 1.165) is 109 Å². The summed E-state index contributed by atoms with van der Waals surface area (Å²) in [7, 11) is 0. The van der Waals surface area contributed by atoms with Crippen LogP contribution in [0.15, 0.2) is 122 Å². The highest BCUT2D eigenvalue weighted by atomic mass is 16.7. The zero-order valence-electron chi connectivity index (χ0n) is 51.1. The number of nitrogens with one attached hydrogen (secondary N) is 1. The molecular formula is C69H115NO13. The van der Waals surface area contributed by atoms with Crippen LogP contribution in [0.2, 0.25) is 0 Å². The summed E-state index contributed by atoms with van der Waals surface area (Å²) in [4.78, 5) is 13.3. The van der Waals surface area contributed by atoms with Crippen molar-refractivity contribution in [1.82, 2.24) is 5.32 Å². The first-order valence-electron chi connectivity index (χ1n) is 32.3. The Morgan fingerprint density at radius 3 is 1.28 bits per heavy atom. The van der Waals surface area contributed by atoms with Crippen LogP contribution in [0.1, 0.15) is 213 Å². The fourth-order valence-electron chi connectivity index (χ4n) is 9.75. The summed E-state index contributed by atoms with van der Waals surface area (Å²) in [6, 6.07) is -0.934. The lowest BCUT2D eigenvalue weighted by atomic mass is 9.97. The Morgan fingerprint density at radius 1 is 0.446 bits per heavy atom. The quantitative estimate of drug-likeness (QED) is 0.0204. The summed E-state index contributed by atoms with van der Waals surface area (Å²) in [5.74, 6) is -0.263. The molecule has 0 saturated carbocycles. The Labute approximate surface area is 501 Å². The number of hydrogen-bond acceptors (Lipinski definition) is 13. The molecular weight excluding hydrogens is 1050 g/mol. The van der Waals surface area contributed by atoms with Gasteiger partial charge >= 0.3 is 0 Å². The van der Waals surface area contributed by atoms with Gasteiger partial charge in [0, 0.05) is 6.42 Å². The summed E-state index contributed by atoms with van der Waals surface area (Å²) in [6.45, 7) is 2.66. The van der Waals surface area contributed by atoms with Crippen LogP contribution in [0.5, 0.6) is 0 Å². The van der Waals surface area contributed by atoms with Crippen LogP contribution in [0.4, 0.5) is 0 Å².